The van der Waals surface area contributed by atoms with Gasteiger partial charge in [0.2, 0.25) is 0 Å². The quantitative estimate of drug-likeness (QED) is 0.563. The summed E-state index contributed by atoms with van der Waals surface area (Å²) in [4.78, 5) is 0. The number of aromatic nitrogens is 2. The van der Waals surface area contributed by atoms with Crippen LogP contribution in [-0.2, 0) is 0 Å². The van der Waals surface area contributed by atoms with Crippen molar-refractivity contribution < 1.29 is 5.11 Å². The SMILES string of the molecule is CNC(C)(CO)CCCSc1nncs1. The smallest absolute Gasteiger partial charge is 0.174 e. The average Bonchev–Trinajstić information content (AvgIpc) is 2.77. The van der Waals surface area contributed by atoms with Crippen LogP contribution in [0.1, 0.15) is 19.8 Å². The molecule has 0 radical (unpaired) electrons. The number of rotatable bonds is 7. The maximum Gasteiger partial charge on any atom is 0.174 e. The molecule has 0 aliphatic rings. The summed E-state index contributed by atoms with van der Waals surface area (Å²) in [5.74, 6) is 1.02. The molecule has 1 aromatic rings. The molecule has 0 aliphatic heterocycles. The van der Waals surface area contributed by atoms with E-state index in [4.69, 9.17) is 0 Å². The third-order valence-electron chi connectivity index (χ3n) is 2.39. The Morgan fingerprint density at radius 2 is 2.47 bits per heavy atom. The lowest BCUT2D eigenvalue weighted by Crippen LogP contribution is -2.43. The van der Waals surface area contributed by atoms with Crippen LogP contribution in [0.2, 0.25) is 0 Å². The molecule has 0 aromatic carbocycles. The Kier molecular flexibility index (Phi) is 5.52. The minimum atomic E-state index is -0.151. The molecule has 1 heterocycles. The molecule has 2 N–H and O–H groups in total. The van der Waals surface area contributed by atoms with Crippen molar-refractivity contribution >= 4 is 23.1 Å². The number of likely N-dealkylation sites (N-methyl/N-ethyl adjacent to an activating group) is 1. The Labute approximate surface area is 98.5 Å². The van der Waals surface area contributed by atoms with Crippen LogP contribution in [0.4, 0.5) is 0 Å². The number of hydrogen-bond donors (Lipinski definition) is 2. The van der Waals surface area contributed by atoms with E-state index in [-0.39, 0.29) is 12.1 Å². The first-order valence-electron chi connectivity index (χ1n) is 4.89. The molecule has 1 unspecified atom stereocenters. The fraction of sp³-hybridized carbons (Fsp3) is 0.778. The number of aliphatic hydroxyl groups excluding tert-OH is 1. The van der Waals surface area contributed by atoms with Gasteiger partial charge in [0.05, 0.1) is 6.61 Å². The number of aliphatic hydroxyl groups is 1. The summed E-state index contributed by atoms with van der Waals surface area (Å²) in [7, 11) is 1.88. The summed E-state index contributed by atoms with van der Waals surface area (Å²) in [5.41, 5.74) is 1.59. The van der Waals surface area contributed by atoms with E-state index < -0.39 is 0 Å². The van der Waals surface area contributed by atoms with Gasteiger partial charge in [0, 0.05) is 11.3 Å². The molecule has 15 heavy (non-hydrogen) atoms. The van der Waals surface area contributed by atoms with Crippen LogP contribution in [0.15, 0.2) is 9.85 Å². The van der Waals surface area contributed by atoms with Crippen molar-refractivity contribution in [3.63, 3.8) is 0 Å². The number of nitrogens with one attached hydrogen (secondary N) is 1. The molecule has 6 heteroatoms. The second-order valence-corrected chi connectivity index (χ2v) is 5.80. The highest BCUT2D eigenvalue weighted by Gasteiger charge is 2.19. The van der Waals surface area contributed by atoms with Gasteiger partial charge in [-0.25, -0.2) is 0 Å². The zero-order chi connectivity index (χ0) is 11.1. The Balaban J connectivity index is 2.16. The lowest BCUT2D eigenvalue weighted by molar-refractivity contribution is 0.173. The van der Waals surface area contributed by atoms with Crippen molar-refractivity contribution in [2.24, 2.45) is 0 Å². The van der Waals surface area contributed by atoms with Gasteiger partial charge in [-0.1, -0.05) is 23.1 Å². The summed E-state index contributed by atoms with van der Waals surface area (Å²) < 4.78 is 1.02. The van der Waals surface area contributed by atoms with Crippen molar-refractivity contribution in [1.82, 2.24) is 15.5 Å². The molecular formula is C9H17N3OS2. The highest BCUT2D eigenvalue weighted by molar-refractivity contribution is 8.00. The molecule has 0 spiro atoms. The summed E-state index contributed by atoms with van der Waals surface area (Å²) in [6.45, 7) is 2.20. The van der Waals surface area contributed by atoms with E-state index in [1.807, 2.05) is 14.0 Å². The van der Waals surface area contributed by atoms with E-state index in [0.717, 1.165) is 22.9 Å². The molecule has 4 nitrogen and oxygen atoms in total. The van der Waals surface area contributed by atoms with Crippen LogP contribution < -0.4 is 5.32 Å². The van der Waals surface area contributed by atoms with Gasteiger partial charge >= 0.3 is 0 Å². The Hall–Kier alpha value is -0.170. The van der Waals surface area contributed by atoms with Gasteiger partial charge in [-0.15, -0.1) is 10.2 Å². The van der Waals surface area contributed by atoms with E-state index in [9.17, 15) is 5.11 Å². The molecule has 1 atom stereocenters. The number of nitrogens with zero attached hydrogens (tertiary/aromatic N) is 2. The zero-order valence-electron chi connectivity index (χ0n) is 9.06. The second-order valence-electron chi connectivity index (χ2n) is 3.63. The first kappa shape index (κ1) is 12.9. The van der Waals surface area contributed by atoms with Crippen molar-refractivity contribution in [2.45, 2.75) is 29.6 Å². The van der Waals surface area contributed by atoms with Crippen molar-refractivity contribution in [1.29, 1.82) is 0 Å². The van der Waals surface area contributed by atoms with Crippen LogP contribution in [0.25, 0.3) is 0 Å². The van der Waals surface area contributed by atoms with E-state index in [0.29, 0.717) is 0 Å². The maximum absolute atomic E-state index is 9.18. The molecule has 0 amide bonds. The van der Waals surface area contributed by atoms with E-state index >= 15 is 0 Å². The third kappa shape index (κ3) is 4.46. The third-order valence-corrected chi connectivity index (χ3v) is 4.34. The van der Waals surface area contributed by atoms with Gasteiger partial charge in [0.1, 0.15) is 5.51 Å². The molecule has 0 fully saturated rings. The standard InChI is InChI=1S/C9H17N3OS2/c1-9(6-13,10-2)4-3-5-14-8-12-11-7-15-8/h7,10,13H,3-6H2,1-2H3. The second kappa shape index (κ2) is 6.42. The maximum atomic E-state index is 9.18. The molecular weight excluding hydrogens is 230 g/mol. The highest BCUT2D eigenvalue weighted by Crippen LogP contribution is 2.21. The van der Waals surface area contributed by atoms with Gasteiger partial charge in [-0.3, -0.25) is 0 Å². The molecule has 0 aliphatic carbocycles. The van der Waals surface area contributed by atoms with Crippen molar-refractivity contribution in [3.05, 3.63) is 5.51 Å². The van der Waals surface area contributed by atoms with Crippen LogP contribution >= 0.6 is 23.1 Å². The van der Waals surface area contributed by atoms with Crippen LogP contribution in [0.3, 0.4) is 0 Å². The van der Waals surface area contributed by atoms with Crippen LogP contribution in [-0.4, -0.2) is 40.3 Å². The fourth-order valence-corrected chi connectivity index (χ4v) is 2.63. The van der Waals surface area contributed by atoms with E-state index in [1.165, 1.54) is 0 Å². The van der Waals surface area contributed by atoms with Crippen molar-refractivity contribution in [2.75, 3.05) is 19.4 Å². The van der Waals surface area contributed by atoms with E-state index in [2.05, 4.69) is 15.5 Å². The summed E-state index contributed by atoms with van der Waals surface area (Å²) in [5, 5.41) is 20.1. The lowest BCUT2D eigenvalue weighted by atomic mass is 9.98. The molecule has 0 bridgehead atoms. The Bertz CT molecular complexity index is 262. The van der Waals surface area contributed by atoms with E-state index in [1.54, 1.807) is 28.6 Å². The van der Waals surface area contributed by atoms with Gasteiger partial charge < -0.3 is 10.4 Å². The van der Waals surface area contributed by atoms with Crippen molar-refractivity contribution in [3.8, 4) is 0 Å². The number of hydrogen-bond acceptors (Lipinski definition) is 6. The Morgan fingerprint density at radius 3 is 3.00 bits per heavy atom. The van der Waals surface area contributed by atoms with Gasteiger partial charge in [-0.05, 0) is 26.8 Å². The fourth-order valence-electron chi connectivity index (χ4n) is 1.13. The van der Waals surface area contributed by atoms with Crippen LogP contribution in [0.5, 0.6) is 0 Å². The summed E-state index contributed by atoms with van der Waals surface area (Å²) in [6.07, 6.45) is 2.02. The summed E-state index contributed by atoms with van der Waals surface area (Å²) in [6, 6.07) is 0. The number of thioether (sulfide) groups is 1. The predicted molar refractivity (Wildman–Crippen MR) is 64.4 cm³/mol. The zero-order valence-corrected chi connectivity index (χ0v) is 10.7. The molecule has 1 rings (SSSR count). The van der Waals surface area contributed by atoms with Crippen LogP contribution in [0, 0.1) is 0 Å². The lowest BCUT2D eigenvalue weighted by Gasteiger charge is -2.26. The Morgan fingerprint density at radius 1 is 1.67 bits per heavy atom. The molecule has 0 saturated carbocycles. The normalized spacial score (nSPS) is 15.1. The predicted octanol–water partition coefficient (Wildman–Crippen LogP) is 1.38. The topological polar surface area (TPSA) is 58.0 Å². The monoisotopic (exact) mass is 247 g/mol. The minimum Gasteiger partial charge on any atom is -0.394 e. The van der Waals surface area contributed by atoms with Gasteiger partial charge in [-0.2, -0.15) is 0 Å². The molecule has 0 saturated heterocycles. The van der Waals surface area contributed by atoms with Gasteiger partial charge in [0.25, 0.3) is 0 Å². The highest BCUT2D eigenvalue weighted by atomic mass is 32.2. The molecule has 1 aromatic heterocycles. The van der Waals surface area contributed by atoms with Gasteiger partial charge in [0.15, 0.2) is 4.34 Å². The first-order valence-corrected chi connectivity index (χ1v) is 6.75. The largest absolute Gasteiger partial charge is 0.394 e. The summed E-state index contributed by atoms with van der Waals surface area (Å²) >= 11 is 3.29. The first-order chi connectivity index (χ1) is 7.20. The molecule has 86 valence electrons. The minimum absolute atomic E-state index is 0.151. The average molecular weight is 247 g/mol.